The van der Waals surface area contributed by atoms with Gasteiger partial charge in [0.25, 0.3) is 0 Å². The quantitative estimate of drug-likeness (QED) is 0.548. The van der Waals surface area contributed by atoms with Gasteiger partial charge in [0, 0.05) is 42.5 Å². The molecule has 0 radical (unpaired) electrons. The highest BCUT2D eigenvalue weighted by Gasteiger charge is 2.31. The summed E-state index contributed by atoms with van der Waals surface area (Å²) >= 11 is 5.95. The Kier molecular flexibility index (Phi) is 6.57. The van der Waals surface area contributed by atoms with Gasteiger partial charge in [-0.3, -0.25) is 4.90 Å². The summed E-state index contributed by atoms with van der Waals surface area (Å²) in [4.78, 5) is 20.6. The predicted octanol–water partition coefficient (Wildman–Crippen LogP) is 5.32. The minimum Gasteiger partial charge on any atom is -0.337 e. The van der Waals surface area contributed by atoms with Gasteiger partial charge in [0.05, 0.1) is 11.6 Å². The Balaban J connectivity index is 1.36. The van der Waals surface area contributed by atoms with Crippen molar-refractivity contribution in [1.82, 2.24) is 19.9 Å². The molecule has 0 spiro atoms. The van der Waals surface area contributed by atoms with E-state index in [1.54, 1.807) is 29.2 Å². The average molecular weight is 480 g/mol. The lowest BCUT2D eigenvalue weighted by Gasteiger charge is -2.36. The van der Waals surface area contributed by atoms with Crippen molar-refractivity contribution in [1.29, 1.82) is 0 Å². The molecular formula is C22H21ClF3N5O2. The number of nitrogens with one attached hydrogen (secondary N) is 1. The van der Waals surface area contributed by atoms with Gasteiger partial charge in [-0.1, -0.05) is 35.0 Å². The lowest BCUT2D eigenvalue weighted by atomic mass is 10.1. The van der Waals surface area contributed by atoms with Crippen LogP contribution in [-0.4, -0.2) is 52.2 Å². The topological polar surface area (TPSA) is 74.5 Å². The molecule has 1 aromatic heterocycles. The number of hydrogen-bond acceptors (Lipinski definition) is 5. The summed E-state index contributed by atoms with van der Waals surface area (Å²) in [6.45, 7) is 4.01. The smallest absolute Gasteiger partial charge is 0.337 e. The van der Waals surface area contributed by atoms with Crippen LogP contribution in [0.1, 0.15) is 24.4 Å². The number of halogens is 4. The van der Waals surface area contributed by atoms with E-state index in [0.29, 0.717) is 42.8 Å². The first-order valence-electron chi connectivity index (χ1n) is 10.3. The Labute approximate surface area is 193 Å². The van der Waals surface area contributed by atoms with Gasteiger partial charge in [0.2, 0.25) is 11.7 Å². The Morgan fingerprint density at radius 2 is 1.85 bits per heavy atom. The van der Waals surface area contributed by atoms with Crippen molar-refractivity contribution in [3.05, 3.63) is 65.0 Å². The summed E-state index contributed by atoms with van der Waals surface area (Å²) in [5.74, 6) is 0.404. The van der Waals surface area contributed by atoms with Gasteiger partial charge in [-0.2, -0.15) is 18.2 Å². The van der Waals surface area contributed by atoms with E-state index in [-0.39, 0.29) is 23.5 Å². The van der Waals surface area contributed by atoms with E-state index in [4.69, 9.17) is 16.1 Å². The van der Waals surface area contributed by atoms with E-state index < -0.39 is 11.7 Å². The Morgan fingerprint density at radius 3 is 2.55 bits per heavy atom. The van der Waals surface area contributed by atoms with Crippen LogP contribution in [0.2, 0.25) is 5.02 Å². The molecule has 2 heterocycles. The van der Waals surface area contributed by atoms with Crippen LogP contribution in [0, 0.1) is 0 Å². The number of anilines is 1. The van der Waals surface area contributed by atoms with Crippen molar-refractivity contribution in [3.63, 3.8) is 0 Å². The highest BCUT2D eigenvalue weighted by Crippen LogP contribution is 2.32. The third kappa shape index (κ3) is 5.45. The lowest BCUT2D eigenvalue weighted by Crippen LogP contribution is -2.50. The van der Waals surface area contributed by atoms with E-state index in [1.165, 1.54) is 12.1 Å². The fourth-order valence-electron chi connectivity index (χ4n) is 3.59. The Hall–Kier alpha value is -3.11. The fraction of sp³-hybridized carbons (Fsp3) is 0.318. The van der Waals surface area contributed by atoms with Crippen LogP contribution in [0.4, 0.5) is 23.7 Å². The standard InChI is InChI=1S/C22H21ClF3N5O2/c1-14(20-28-19(29-33-20)15-4-2-5-16(12-15)22(24,25)26)30-8-10-31(11-9-30)21(32)27-18-7-3-6-17(23)13-18/h2-7,12-14H,8-11H2,1H3,(H,27,32)/t14-/m1/s1. The number of piperazine rings is 1. The van der Waals surface area contributed by atoms with Crippen LogP contribution in [0.25, 0.3) is 11.4 Å². The van der Waals surface area contributed by atoms with E-state index in [2.05, 4.69) is 20.4 Å². The maximum absolute atomic E-state index is 13.0. The van der Waals surface area contributed by atoms with Crippen LogP contribution in [0.3, 0.4) is 0 Å². The van der Waals surface area contributed by atoms with Crippen LogP contribution in [-0.2, 0) is 6.18 Å². The molecule has 1 atom stereocenters. The number of alkyl halides is 3. The zero-order valence-corrected chi connectivity index (χ0v) is 18.4. The molecule has 1 saturated heterocycles. The molecule has 0 bridgehead atoms. The number of benzene rings is 2. The van der Waals surface area contributed by atoms with Gasteiger partial charge < -0.3 is 14.7 Å². The van der Waals surface area contributed by atoms with Crippen LogP contribution >= 0.6 is 11.6 Å². The van der Waals surface area contributed by atoms with Gasteiger partial charge in [0.15, 0.2) is 0 Å². The second-order valence-electron chi connectivity index (χ2n) is 7.67. The predicted molar refractivity (Wildman–Crippen MR) is 117 cm³/mol. The molecule has 1 fully saturated rings. The second kappa shape index (κ2) is 9.40. The summed E-state index contributed by atoms with van der Waals surface area (Å²) in [5, 5.41) is 7.22. The third-order valence-electron chi connectivity index (χ3n) is 5.47. The maximum atomic E-state index is 13.0. The van der Waals surface area contributed by atoms with Crippen molar-refractivity contribution in [3.8, 4) is 11.4 Å². The summed E-state index contributed by atoms with van der Waals surface area (Å²) in [6, 6.07) is 11.3. The summed E-state index contributed by atoms with van der Waals surface area (Å²) < 4.78 is 44.3. The van der Waals surface area contributed by atoms with E-state index in [0.717, 1.165) is 12.1 Å². The highest BCUT2D eigenvalue weighted by atomic mass is 35.5. The van der Waals surface area contributed by atoms with Crippen LogP contribution in [0.5, 0.6) is 0 Å². The molecule has 33 heavy (non-hydrogen) atoms. The first-order chi connectivity index (χ1) is 15.7. The average Bonchev–Trinajstić information content (AvgIpc) is 3.29. The van der Waals surface area contributed by atoms with Gasteiger partial charge in [-0.05, 0) is 37.3 Å². The first-order valence-corrected chi connectivity index (χ1v) is 10.7. The Morgan fingerprint density at radius 1 is 1.12 bits per heavy atom. The van der Waals surface area contributed by atoms with E-state index in [9.17, 15) is 18.0 Å². The van der Waals surface area contributed by atoms with Gasteiger partial charge >= 0.3 is 12.2 Å². The van der Waals surface area contributed by atoms with Gasteiger partial charge in [-0.25, -0.2) is 4.79 Å². The summed E-state index contributed by atoms with van der Waals surface area (Å²) in [7, 11) is 0. The minimum atomic E-state index is -4.45. The number of amides is 2. The molecule has 2 amide bonds. The van der Waals surface area contributed by atoms with Crippen molar-refractivity contribution in [2.24, 2.45) is 0 Å². The minimum absolute atomic E-state index is 0.0995. The van der Waals surface area contributed by atoms with E-state index in [1.807, 2.05) is 6.92 Å². The third-order valence-corrected chi connectivity index (χ3v) is 5.71. The number of hydrogen-bond donors (Lipinski definition) is 1. The second-order valence-corrected chi connectivity index (χ2v) is 8.11. The van der Waals surface area contributed by atoms with Crippen molar-refractivity contribution in [2.45, 2.75) is 19.1 Å². The fourth-order valence-corrected chi connectivity index (χ4v) is 3.78. The maximum Gasteiger partial charge on any atom is 0.416 e. The molecule has 7 nitrogen and oxygen atoms in total. The van der Waals surface area contributed by atoms with Gasteiger partial charge in [-0.15, -0.1) is 0 Å². The molecule has 1 N–H and O–H groups in total. The van der Waals surface area contributed by atoms with Crippen molar-refractivity contribution >= 4 is 23.3 Å². The van der Waals surface area contributed by atoms with Crippen LogP contribution < -0.4 is 5.32 Å². The monoisotopic (exact) mass is 479 g/mol. The molecule has 0 unspecified atom stereocenters. The number of carbonyl (C=O) groups excluding carboxylic acids is 1. The number of aromatic nitrogens is 2. The van der Waals surface area contributed by atoms with Crippen molar-refractivity contribution < 1.29 is 22.5 Å². The number of nitrogens with zero attached hydrogens (tertiary/aromatic N) is 4. The molecular weight excluding hydrogens is 459 g/mol. The molecule has 0 saturated carbocycles. The highest BCUT2D eigenvalue weighted by molar-refractivity contribution is 6.30. The molecule has 1 aliphatic heterocycles. The van der Waals surface area contributed by atoms with E-state index >= 15 is 0 Å². The lowest BCUT2D eigenvalue weighted by molar-refractivity contribution is -0.137. The summed E-state index contributed by atoms with van der Waals surface area (Å²) in [6.07, 6.45) is -4.45. The normalized spacial score (nSPS) is 16.0. The molecule has 0 aliphatic carbocycles. The molecule has 11 heteroatoms. The molecule has 1 aliphatic rings. The largest absolute Gasteiger partial charge is 0.416 e. The zero-order chi connectivity index (χ0) is 23.6. The van der Waals surface area contributed by atoms with Gasteiger partial charge in [0.1, 0.15) is 0 Å². The number of carbonyl (C=O) groups is 1. The Bertz CT molecular complexity index is 1130. The summed E-state index contributed by atoms with van der Waals surface area (Å²) in [5.41, 5.74) is 0.0809. The molecule has 174 valence electrons. The first kappa shape index (κ1) is 23.1. The molecule has 2 aromatic carbocycles. The zero-order valence-electron chi connectivity index (χ0n) is 17.6. The van der Waals surface area contributed by atoms with Crippen molar-refractivity contribution in [2.75, 3.05) is 31.5 Å². The molecule has 4 rings (SSSR count). The number of urea groups is 1. The number of rotatable bonds is 4. The SMILES string of the molecule is C[C@H](c1nc(-c2cccc(C(F)(F)F)c2)no1)N1CCN(C(=O)Nc2cccc(Cl)c2)CC1. The molecule has 3 aromatic rings. The van der Waals surface area contributed by atoms with Crippen LogP contribution in [0.15, 0.2) is 53.1 Å².